The smallest absolute Gasteiger partial charge is 0.335 e. The second kappa shape index (κ2) is 3.87. The molecule has 70 valence electrons. The highest BCUT2D eigenvalue weighted by molar-refractivity contribution is 5.73. The van der Waals surface area contributed by atoms with Gasteiger partial charge in [-0.3, -0.25) is 0 Å². The average molecular weight is 174 g/mol. The fraction of sp³-hybridized carbons (Fsp3) is 0.875. The van der Waals surface area contributed by atoms with Crippen molar-refractivity contribution in [1.29, 1.82) is 0 Å². The Hall–Kier alpha value is -0.610. The molecule has 0 unspecified atom stereocenters. The number of ether oxygens (including phenoxy) is 2. The van der Waals surface area contributed by atoms with Crippen molar-refractivity contribution < 1.29 is 19.4 Å². The minimum Gasteiger partial charge on any atom is -0.479 e. The van der Waals surface area contributed by atoms with Crippen LogP contribution in [0, 0.1) is 5.92 Å². The van der Waals surface area contributed by atoms with Crippen LogP contribution >= 0.6 is 0 Å². The van der Waals surface area contributed by atoms with Crippen LogP contribution in [0.1, 0.15) is 13.8 Å². The largest absolute Gasteiger partial charge is 0.479 e. The fourth-order valence-corrected chi connectivity index (χ4v) is 1.30. The zero-order valence-electron chi connectivity index (χ0n) is 7.32. The molecule has 4 heteroatoms. The van der Waals surface area contributed by atoms with Crippen molar-refractivity contribution in [3.8, 4) is 0 Å². The van der Waals surface area contributed by atoms with Crippen LogP contribution < -0.4 is 0 Å². The number of hydrogen-bond acceptors (Lipinski definition) is 3. The summed E-state index contributed by atoms with van der Waals surface area (Å²) in [5, 5.41) is 8.75. The van der Waals surface area contributed by atoms with E-state index in [2.05, 4.69) is 0 Å². The molecular weight excluding hydrogens is 160 g/mol. The second-order valence-electron chi connectivity index (χ2n) is 3.21. The normalized spacial score (nSPS) is 30.6. The van der Waals surface area contributed by atoms with Crippen LogP contribution in [-0.2, 0) is 14.3 Å². The van der Waals surface area contributed by atoms with E-state index in [-0.39, 0.29) is 12.0 Å². The molecule has 0 bridgehead atoms. The standard InChI is InChI=1S/C8H14O4/c1-5(2)6-7(8(9)10)12-4-3-11-6/h5-7H,3-4H2,1-2H3,(H,9,10)/t6-,7-/m1/s1. The summed E-state index contributed by atoms with van der Waals surface area (Å²) in [4.78, 5) is 10.7. The molecule has 0 saturated carbocycles. The predicted octanol–water partition coefficient (Wildman–Crippen LogP) is 0.511. The highest BCUT2D eigenvalue weighted by atomic mass is 16.6. The number of aliphatic carboxylic acids is 1. The Balaban J connectivity index is 2.60. The molecule has 4 nitrogen and oxygen atoms in total. The quantitative estimate of drug-likeness (QED) is 0.662. The van der Waals surface area contributed by atoms with E-state index in [1.165, 1.54) is 0 Å². The number of rotatable bonds is 2. The van der Waals surface area contributed by atoms with Gasteiger partial charge in [-0.15, -0.1) is 0 Å². The number of carbonyl (C=O) groups is 1. The van der Waals surface area contributed by atoms with E-state index in [1.54, 1.807) is 0 Å². The van der Waals surface area contributed by atoms with Gasteiger partial charge in [0.2, 0.25) is 0 Å². The van der Waals surface area contributed by atoms with Crippen LogP contribution in [0.25, 0.3) is 0 Å². The molecular formula is C8H14O4. The Morgan fingerprint density at radius 3 is 2.42 bits per heavy atom. The highest BCUT2D eigenvalue weighted by Gasteiger charge is 2.34. The van der Waals surface area contributed by atoms with Gasteiger partial charge < -0.3 is 14.6 Å². The number of carboxylic acid groups (broad SMARTS) is 1. The molecule has 1 aliphatic rings. The Morgan fingerprint density at radius 2 is 2.00 bits per heavy atom. The van der Waals surface area contributed by atoms with Crippen molar-refractivity contribution in [3.63, 3.8) is 0 Å². The Labute approximate surface area is 71.5 Å². The van der Waals surface area contributed by atoms with Crippen molar-refractivity contribution in [3.05, 3.63) is 0 Å². The van der Waals surface area contributed by atoms with E-state index >= 15 is 0 Å². The van der Waals surface area contributed by atoms with Gasteiger partial charge in [-0.1, -0.05) is 13.8 Å². The fourth-order valence-electron chi connectivity index (χ4n) is 1.30. The third-order valence-electron chi connectivity index (χ3n) is 1.89. The van der Waals surface area contributed by atoms with Crippen molar-refractivity contribution in [2.24, 2.45) is 5.92 Å². The first-order valence-corrected chi connectivity index (χ1v) is 4.09. The SMILES string of the molecule is CC(C)[C@H]1OCCO[C@H]1C(=O)O. The predicted molar refractivity (Wildman–Crippen MR) is 42.0 cm³/mol. The molecule has 0 radical (unpaired) electrons. The summed E-state index contributed by atoms with van der Waals surface area (Å²) in [6, 6.07) is 0. The lowest BCUT2D eigenvalue weighted by Gasteiger charge is -2.31. The van der Waals surface area contributed by atoms with Gasteiger partial charge in [0.15, 0.2) is 6.10 Å². The summed E-state index contributed by atoms with van der Waals surface area (Å²) in [6.45, 7) is 4.72. The van der Waals surface area contributed by atoms with Gasteiger partial charge in [0.25, 0.3) is 0 Å². The summed E-state index contributed by atoms with van der Waals surface area (Å²) < 4.78 is 10.4. The molecule has 0 aliphatic carbocycles. The van der Waals surface area contributed by atoms with Gasteiger partial charge >= 0.3 is 5.97 Å². The number of carboxylic acids is 1. The van der Waals surface area contributed by atoms with Crippen molar-refractivity contribution in [2.75, 3.05) is 13.2 Å². The van der Waals surface area contributed by atoms with E-state index in [0.29, 0.717) is 13.2 Å². The second-order valence-corrected chi connectivity index (χ2v) is 3.21. The zero-order chi connectivity index (χ0) is 9.14. The maximum atomic E-state index is 10.7. The first-order valence-electron chi connectivity index (χ1n) is 4.09. The summed E-state index contributed by atoms with van der Waals surface area (Å²) in [5.41, 5.74) is 0. The van der Waals surface area contributed by atoms with Gasteiger partial charge in [0.1, 0.15) is 0 Å². The number of hydrogen-bond donors (Lipinski definition) is 1. The summed E-state index contributed by atoms with van der Waals surface area (Å²) in [7, 11) is 0. The van der Waals surface area contributed by atoms with Crippen LogP contribution in [0.2, 0.25) is 0 Å². The van der Waals surface area contributed by atoms with E-state index in [0.717, 1.165) is 0 Å². The zero-order valence-corrected chi connectivity index (χ0v) is 7.32. The molecule has 1 fully saturated rings. The molecule has 0 amide bonds. The van der Waals surface area contributed by atoms with Gasteiger partial charge in [0, 0.05) is 0 Å². The summed E-state index contributed by atoms with van der Waals surface area (Å²) >= 11 is 0. The van der Waals surface area contributed by atoms with Crippen LogP contribution in [-0.4, -0.2) is 36.5 Å². The van der Waals surface area contributed by atoms with Gasteiger partial charge in [-0.05, 0) is 5.92 Å². The molecule has 0 aromatic heterocycles. The maximum absolute atomic E-state index is 10.7. The van der Waals surface area contributed by atoms with Crippen molar-refractivity contribution in [1.82, 2.24) is 0 Å². The van der Waals surface area contributed by atoms with Crippen LogP contribution in [0.4, 0.5) is 0 Å². The van der Waals surface area contributed by atoms with Crippen LogP contribution in [0.15, 0.2) is 0 Å². The van der Waals surface area contributed by atoms with E-state index in [9.17, 15) is 4.79 Å². The van der Waals surface area contributed by atoms with Gasteiger partial charge in [-0.2, -0.15) is 0 Å². The molecule has 0 aromatic rings. The first kappa shape index (κ1) is 9.48. The molecule has 0 aromatic carbocycles. The van der Waals surface area contributed by atoms with Gasteiger partial charge in [-0.25, -0.2) is 4.79 Å². The van der Waals surface area contributed by atoms with Crippen LogP contribution in [0.5, 0.6) is 0 Å². The average Bonchev–Trinajstić information content (AvgIpc) is 2.04. The first-order chi connectivity index (χ1) is 5.63. The Morgan fingerprint density at radius 1 is 1.42 bits per heavy atom. The molecule has 12 heavy (non-hydrogen) atoms. The van der Waals surface area contributed by atoms with Gasteiger partial charge in [0.05, 0.1) is 19.3 Å². The lowest BCUT2D eigenvalue weighted by molar-refractivity contribution is -0.186. The molecule has 1 saturated heterocycles. The minimum absolute atomic E-state index is 0.173. The Kier molecular flexibility index (Phi) is 3.05. The topological polar surface area (TPSA) is 55.8 Å². The van der Waals surface area contributed by atoms with Crippen molar-refractivity contribution >= 4 is 5.97 Å². The molecule has 1 aliphatic heterocycles. The lowest BCUT2D eigenvalue weighted by atomic mass is 10.0. The summed E-state index contributed by atoms with van der Waals surface area (Å²) in [5.74, 6) is -0.764. The van der Waals surface area contributed by atoms with E-state index in [1.807, 2.05) is 13.8 Å². The van der Waals surface area contributed by atoms with Crippen LogP contribution in [0.3, 0.4) is 0 Å². The molecule has 1 rings (SSSR count). The third kappa shape index (κ3) is 1.95. The summed E-state index contributed by atoms with van der Waals surface area (Å²) in [6.07, 6.45) is -1.10. The van der Waals surface area contributed by atoms with E-state index in [4.69, 9.17) is 14.6 Å². The molecule has 1 N–H and O–H groups in total. The minimum atomic E-state index is -0.937. The Bertz CT molecular complexity index is 166. The lowest BCUT2D eigenvalue weighted by Crippen LogP contribution is -2.46. The highest BCUT2D eigenvalue weighted by Crippen LogP contribution is 2.17. The molecule has 0 spiro atoms. The monoisotopic (exact) mass is 174 g/mol. The van der Waals surface area contributed by atoms with Crippen molar-refractivity contribution in [2.45, 2.75) is 26.1 Å². The molecule has 1 heterocycles. The molecule has 2 atom stereocenters. The van der Waals surface area contributed by atoms with E-state index < -0.39 is 12.1 Å². The maximum Gasteiger partial charge on any atom is 0.335 e. The third-order valence-corrected chi connectivity index (χ3v) is 1.89.